The maximum absolute atomic E-state index is 12.6. The van der Waals surface area contributed by atoms with Crippen molar-refractivity contribution in [1.82, 2.24) is 15.6 Å². The van der Waals surface area contributed by atoms with Crippen molar-refractivity contribution in [2.75, 3.05) is 38.7 Å². The SMILES string of the molecule is COCCNc1nc(-c2ccc(C)c(C)c2)ccc1C(=O)NCCNC(C)=O. The number of nitrogens with zero attached hydrogens (tertiary/aromatic N) is 1. The fraction of sp³-hybridized carbons (Fsp3) is 0.381. The van der Waals surface area contributed by atoms with Gasteiger partial charge in [-0.2, -0.15) is 0 Å². The first-order valence-electron chi connectivity index (χ1n) is 9.26. The number of ether oxygens (including phenoxy) is 1. The number of nitrogens with one attached hydrogen (secondary N) is 3. The summed E-state index contributed by atoms with van der Waals surface area (Å²) in [4.78, 5) is 28.1. The van der Waals surface area contributed by atoms with Crippen molar-refractivity contribution in [1.29, 1.82) is 0 Å². The van der Waals surface area contributed by atoms with E-state index < -0.39 is 0 Å². The number of hydrogen-bond acceptors (Lipinski definition) is 5. The Kier molecular flexibility index (Phi) is 7.95. The van der Waals surface area contributed by atoms with Gasteiger partial charge in [-0.05, 0) is 43.2 Å². The molecule has 3 N–H and O–H groups in total. The van der Waals surface area contributed by atoms with Gasteiger partial charge in [-0.25, -0.2) is 4.98 Å². The number of carbonyl (C=O) groups excluding carboxylic acids is 2. The van der Waals surface area contributed by atoms with E-state index in [4.69, 9.17) is 4.74 Å². The second kappa shape index (κ2) is 10.4. The van der Waals surface area contributed by atoms with E-state index in [-0.39, 0.29) is 11.8 Å². The molecule has 0 fully saturated rings. The molecule has 0 saturated heterocycles. The van der Waals surface area contributed by atoms with Gasteiger partial charge in [-0.15, -0.1) is 0 Å². The Morgan fingerprint density at radius 2 is 1.75 bits per heavy atom. The van der Waals surface area contributed by atoms with E-state index in [1.165, 1.54) is 18.1 Å². The number of anilines is 1. The summed E-state index contributed by atoms with van der Waals surface area (Å²) in [7, 11) is 1.62. The third-order valence-electron chi connectivity index (χ3n) is 4.33. The van der Waals surface area contributed by atoms with Gasteiger partial charge < -0.3 is 20.7 Å². The molecule has 0 unspecified atom stereocenters. The van der Waals surface area contributed by atoms with Crippen LogP contribution in [0, 0.1) is 13.8 Å². The largest absolute Gasteiger partial charge is 0.383 e. The quantitative estimate of drug-likeness (QED) is 0.577. The molecule has 0 aliphatic carbocycles. The van der Waals surface area contributed by atoms with Gasteiger partial charge in [0.1, 0.15) is 5.82 Å². The fourth-order valence-corrected chi connectivity index (χ4v) is 2.62. The van der Waals surface area contributed by atoms with E-state index >= 15 is 0 Å². The van der Waals surface area contributed by atoms with Gasteiger partial charge in [0.2, 0.25) is 5.91 Å². The first-order valence-corrected chi connectivity index (χ1v) is 9.26. The Bertz CT molecular complexity index is 836. The fourth-order valence-electron chi connectivity index (χ4n) is 2.62. The number of hydrogen-bond donors (Lipinski definition) is 3. The highest BCUT2D eigenvalue weighted by atomic mass is 16.5. The van der Waals surface area contributed by atoms with Crippen molar-refractivity contribution in [3.05, 3.63) is 47.0 Å². The summed E-state index contributed by atoms with van der Waals surface area (Å²) < 4.78 is 5.08. The van der Waals surface area contributed by atoms with E-state index in [0.717, 1.165) is 11.3 Å². The molecule has 2 rings (SSSR count). The number of benzene rings is 1. The van der Waals surface area contributed by atoms with Crippen molar-refractivity contribution in [3.8, 4) is 11.3 Å². The minimum Gasteiger partial charge on any atom is -0.383 e. The monoisotopic (exact) mass is 384 g/mol. The molecule has 0 bridgehead atoms. The van der Waals surface area contributed by atoms with Gasteiger partial charge in [0.15, 0.2) is 0 Å². The van der Waals surface area contributed by atoms with Crippen LogP contribution >= 0.6 is 0 Å². The highest BCUT2D eigenvalue weighted by Crippen LogP contribution is 2.24. The Morgan fingerprint density at radius 3 is 2.43 bits per heavy atom. The first-order chi connectivity index (χ1) is 13.4. The van der Waals surface area contributed by atoms with Gasteiger partial charge in [0, 0.05) is 39.2 Å². The van der Waals surface area contributed by atoms with Crippen molar-refractivity contribution >= 4 is 17.6 Å². The zero-order valence-electron chi connectivity index (χ0n) is 16.9. The molecule has 0 aliphatic rings. The summed E-state index contributed by atoms with van der Waals surface area (Å²) in [6, 6.07) is 9.78. The molecule has 1 aromatic heterocycles. The van der Waals surface area contributed by atoms with Gasteiger partial charge in [-0.3, -0.25) is 9.59 Å². The molecule has 2 aromatic rings. The van der Waals surface area contributed by atoms with Crippen LogP contribution in [0.5, 0.6) is 0 Å². The van der Waals surface area contributed by atoms with Gasteiger partial charge in [0.05, 0.1) is 17.9 Å². The van der Waals surface area contributed by atoms with E-state index in [9.17, 15) is 9.59 Å². The number of rotatable bonds is 9. The van der Waals surface area contributed by atoms with Crippen molar-refractivity contribution in [2.45, 2.75) is 20.8 Å². The van der Waals surface area contributed by atoms with Crippen LogP contribution in [0.25, 0.3) is 11.3 Å². The molecule has 7 heteroatoms. The molecular formula is C21H28N4O3. The lowest BCUT2D eigenvalue weighted by Gasteiger charge is -2.14. The summed E-state index contributed by atoms with van der Waals surface area (Å²) in [5.41, 5.74) is 4.64. The van der Waals surface area contributed by atoms with Crippen LogP contribution in [0.4, 0.5) is 5.82 Å². The average Bonchev–Trinajstić information content (AvgIpc) is 2.67. The van der Waals surface area contributed by atoms with Crippen LogP contribution in [0.3, 0.4) is 0 Å². The van der Waals surface area contributed by atoms with Crippen LogP contribution in [-0.4, -0.2) is 50.1 Å². The molecule has 0 spiro atoms. The molecule has 0 atom stereocenters. The van der Waals surface area contributed by atoms with E-state index in [1.54, 1.807) is 13.2 Å². The van der Waals surface area contributed by atoms with Crippen molar-refractivity contribution in [3.63, 3.8) is 0 Å². The van der Waals surface area contributed by atoms with Crippen molar-refractivity contribution in [2.24, 2.45) is 0 Å². The third-order valence-corrected chi connectivity index (χ3v) is 4.33. The number of pyridine rings is 1. The van der Waals surface area contributed by atoms with Crippen LogP contribution in [0.15, 0.2) is 30.3 Å². The van der Waals surface area contributed by atoms with E-state index in [1.807, 2.05) is 12.1 Å². The lowest BCUT2D eigenvalue weighted by atomic mass is 10.0. The third kappa shape index (κ3) is 6.06. The number of aryl methyl sites for hydroxylation is 2. The Morgan fingerprint density at radius 1 is 1.00 bits per heavy atom. The predicted molar refractivity (Wildman–Crippen MR) is 111 cm³/mol. The van der Waals surface area contributed by atoms with Crippen molar-refractivity contribution < 1.29 is 14.3 Å². The van der Waals surface area contributed by atoms with Crippen LogP contribution < -0.4 is 16.0 Å². The second-order valence-corrected chi connectivity index (χ2v) is 6.55. The minimum atomic E-state index is -0.246. The van der Waals surface area contributed by atoms with Gasteiger partial charge >= 0.3 is 0 Å². The second-order valence-electron chi connectivity index (χ2n) is 6.55. The lowest BCUT2D eigenvalue weighted by molar-refractivity contribution is -0.118. The highest BCUT2D eigenvalue weighted by molar-refractivity contribution is 5.99. The Balaban J connectivity index is 2.22. The maximum atomic E-state index is 12.6. The molecule has 0 radical (unpaired) electrons. The topological polar surface area (TPSA) is 92.3 Å². The van der Waals surface area contributed by atoms with Crippen LogP contribution in [0.2, 0.25) is 0 Å². The molecule has 150 valence electrons. The molecular weight excluding hydrogens is 356 g/mol. The smallest absolute Gasteiger partial charge is 0.255 e. The normalized spacial score (nSPS) is 10.4. The summed E-state index contributed by atoms with van der Waals surface area (Å²) >= 11 is 0. The predicted octanol–water partition coefficient (Wildman–Crippen LogP) is 2.29. The van der Waals surface area contributed by atoms with Crippen LogP contribution in [-0.2, 0) is 9.53 Å². The Hall–Kier alpha value is -2.93. The molecule has 0 aliphatic heterocycles. The molecule has 0 saturated carbocycles. The minimum absolute atomic E-state index is 0.129. The van der Waals surface area contributed by atoms with E-state index in [0.29, 0.717) is 37.6 Å². The number of amides is 2. The lowest BCUT2D eigenvalue weighted by Crippen LogP contribution is -2.34. The van der Waals surface area contributed by atoms with Gasteiger partial charge in [0.25, 0.3) is 5.91 Å². The van der Waals surface area contributed by atoms with Gasteiger partial charge in [-0.1, -0.05) is 12.1 Å². The molecule has 1 heterocycles. The Labute approximate surface area is 165 Å². The molecule has 2 amide bonds. The summed E-state index contributed by atoms with van der Waals surface area (Å²) in [6.45, 7) is 7.32. The average molecular weight is 384 g/mol. The zero-order valence-corrected chi connectivity index (χ0v) is 16.9. The maximum Gasteiger partial charge on any atom is 0.255 e. The standard InChI is InChI=1S/C21H28N4O3/c1-14-5-6-17(13-15(14)2)19-8-7-18(20(25-19)23-11-12-28-4)21(27)24-10-9-22-16(3)26/h5-8,13H,9-12H2,1-4H3,(H,22,26)(H,23,25)(H,24,27). The number of methoxy groups -OCH3 is 1. The summed E-state index contributed by atoms with van der Waals surface area (Å²) in [5.74, 6) is 0.129. The highest BCUT2D eigenvalue weighted by Gasteiger charge is 2.14. The number of aromatic nitrogens is 1. The molecule has 7 nitrogen and oxygen atoms in total. The zero-order chi connectivity index (χ0) is 20.5. The summed E-state index contributed by atoms with van der Waals surface area (Å²) in [6.07, 6.45) is 0. The van der Waals surface area contributed by atoms with Crippen LogP contribution in [0.1, 0.15) is 28.4 Å². The number of carbonyl (C=O) groups is 2. The molecule has 28 heavy (non-hydrogen) atoms. The molecule has 1 aromatic carbocycles. The summed E-state index contributed by atoms with van der Waals surface area (Å²) in [5, 5.41) is 8.62. The first kappa shape index (κ1) is 21.4. The van der Waals surface area contributed by atoms with E-state index in [2.05, 4.69) is 46.9 Å².